The van der Waals surface area contributed by atoms with Crippen molar-refractivity contribution in [1.29, 1.82) is 0 Å². The number of pyridine rings is 1. The van der Waals surface area contributed by atoms with Gasteiger partial charge in [0.05, 0.1) is 25.5 Å². The van der Waals surface area contributed by atoms with Crippen molar-refractivity contribution in [1.82, 2.24) is 30.1 Å². The molecule has 10 heteroatoms. The number of nitrogens with one attached hydrogen (secondary N) is 1. The predicted molar refractivity (Wildman–Crippen MR) is 147 cm³/mol. The van der Waals surface area contributed by atoms with E-state index in [0.717, 1.165) is 47.2 Å². The molecule has 2 atom stereocenters. The molecule has 1 saturated heterocycles. The predicted octanol–water partition coefficient (Wildman–Crippen LogP) is 5.04. The molecule has 0 bridgehead atoms. The van der Waals surface area contributed by atoms with Crippen LogP contribution >= 0.6 is 11.6 Å². The summed E-state index contributed by atoms with van der Waals surface area (Å²) in [6.45, 7) is 4.18. The van der Waals surface area contributed by atoms with E-state index >= 15 is 0 Å². The van der Waals surface area contributed by atoms with Gasteiger partial charge in [-0.15, -0.1) is 5.10 Å². The monoisotopic (exact) mass is 544 g/mol. The molecule has 0 saturated carbocycles. The molecule has 0 radical (unpaired) electrons. The summed E-state index contributed by atoms with van der Waals surface area (Å²) < 4.78 is 13.4. The maximum atomic E-state index is 13.7. The summed E-state index contributed by atoms with van der Waals surface area (Å²) in [5.41, 5.74) is 3.25. The maximum absolute atomic E-state index is 13.7. The molecule has 2 aromatic carbocycles. The summed E-state index contributed by atoms with van der Waals surface area (Å²) in [4.78, 5) is 19.0. The van der Waals surface area contributed by atoms with Crippen LogP contribution in [0.4, 0.5) is 0 Å². The molecule has 3 aromatic heterocycles. The van der Waals surface area contributed by atoms with Crippen LogP contribution in [0, 0.1) is 6.92 Å². The van der Waals surface area contributed by atoms with Gasteiger partial charge in [-0.1, -0.05) is 35.9 Å². The van der Waals surface area contributed by atoms with E-state index in [1.54, 1.807) is 10.9 Å². The quantitative estimate of drug-likeness (QED) is 0.277. The highest BCUT2D eigenvalue weighted by Crippen LogP contribution is 2.31. The Balaban J connectivity index is 1.49. The van der Waals surface area contributed by atoms with E-state index in [-0.39, 0.29) is 11.7 Å². The Labute approximate surface area is 230 Å². The average molecular weight is 545 g/mol. The first-order valence-corrected chi connectivity index (χ1v) is 13.4. The van der Waals surface area contributed by atoms with Crippen LogP contribution in [0.25, 0.3) is 10.9 Å². The third-order valence-corrected chi connectivity index (χ3v) is 7.38. The highest BCUT2D eigenvalue weighted by molar-refractivity contribution is 6.30. The van der Waals surface area contributed by atoms with Gasteiger partial charge >= 0.3 is 0 Å². The third kappa shape index (κ3) is 5.66. The second-order valence-electron chi connectivity index (χ2n) is 10.0. The van der Waals surface area contributed by atoms with Gasteiger partial charge in [0, 0.05) is 29.3 Å². The lowest BCUT2D eigenvalue weighted by Crippen LogP contribution is -2.35. The molecular weight excluding hydrogens is 516 g/mol. The van der Waals surface area contributed by atoms with Crippen LogP contribution in [0.5, 0.6) is 0 Å². The number of tetrazole rings is 1. The number of halogens is 1. The molecule has 1 N–H and O–H groups in total. The van der Waals surface area contributed by atoms with Gasteiger partial charge in [0.2, 0.25) is 0 Å². The van der Waals surface area contributed by atoms with Crippen molar-refractivity contribution in [3.05, 3.63) is 111 Å². The van der Waals surface area contributed by atoms with Crippen LogP contribution < -0.4 is 5.56 Å². The van der Waals surface area contributed by atoms with Gasteiger partial charge in [-0.2, -0.15) is 0 Å². The number of fused-ring (bicyclic) bond motifs is 1. The summed E-state index contributed by atoms with van der Waals surface area (Å²) in [6, 6.07) is 18.9. The Bertz CT molecular complexity index is 1610. The fourth-order valence-corrected chi connectivity index (χ4v) is 5.34. The lowest BCUT2D eigenvalue weighted by molar-refractivity contribution is 0.0901. The zero-order valence-corrected chi connectivity index (χ0v) is 22.3. The topological polar surface area (TPSA) is 102 Å². The lowest BCUT2D eigenvalue weighted by atomic mass is 10.0. The molecule has 0 amide bonds. The van der Waals surface area contributed by atoms with Crippen LogP contribution in [0.1, 0.15) is 47.2 Å². The average Bonchev–Trinajstić information content (AvgIpc) is 3.71. The number of benzene rings is 2. The summed E-state index contributed by atoms with van der Waals surface area (Å²) in [5, 5.41) is 14.4. The maximum Gasteiger partial charge on any atom is 0.253 e. The zero-order chi connectivity index (χ0) is 26.8. The molecule has 1 fully saturated rings. The molecule has 39 heavy (non-hydrogen) atoms. The van der Waals surface area contributed by atoms with E-state index in [9.17, 15) is 4.79 Å². The van der Waals surface area contributed by atoms with Gasteiger partial charge in [-0.05, 0) is 83.1 Å². The number of rotatable bonds is 9. The molecule has 200 valence electrons. The second kappa shape index (κ2) is 11.1. The Morgan fingerprint density at radius 2 is 2.03 bits per heavy atom. The van der Waals surface area contributed by atoms with Crippen LogP contribution in [0.15, 0.2) is 76.1 Å². The van der Waals surface area contributed by atoms with Gasteiger partial charge in [0.15, 0.2) is 5.82 Å². The first-order valence-electron chi connectivity index (χ1n) is 13.1. The number of hydrogen-bond acceptors (Lipinski definition) is 7. The minimum absolute atomic E-state index is 0.0283. The minimum Gasteiger partial charge on any atom is -0.468 e. The molecule has 0 unspecified atom stereocenters. The van der Waals surface area contributed by atoms with Crippen LogP contribution in [-0.2, 0) is 24.4 Å². The summed E-state index contributed by atoms with van der Waals surface area (Å²) >= 11 is 6.18. The smallest absolute Gasteiger partial charge is 0.253 e. The molecule has 0 aliphatic carbocycles. The fourth-order valence-electron chi connectivity index (χ4n) is 5.22. The van der Waals surface area contributed by atoms with Crippen LogP contribution in [0.3, 0.4) is 0 Å². The van der Waals surface area contributed by atoms with Crippen molar-refractivity contribution < 1.29 is 9.15 Å². The van der Waals surface area contributed by atoms with E-state index in [1.165, 1.54) is 0 Å². The Kier molecular flexibility index (Phi) is 7.28. The molecule has 6 rings (SSSR count). The number of nitrogens with zero attached hydrogens (tertiary/aromatic N) is 5. The molecule has 4 heterocycles. The van der Waals surface area contributed by atoms with Crippen LogP contribution in [-0.4, -0.2) is 42.8 Å². The second-order valence-corrected chi connectivity index (χ2v) is 10.4. The highest BCUT2D eigenvalue weighted by Gasteiger charge is 2.32. The van der Waals surface area contributed by atoms with Crippen molar-refractivity contribution in [3.63, 3.8) is 0 Å². The largest absolute Gasteiger partial charge is 0.468 e. The number of hydrogen-bond donors (Lipinski definition) is 1. The molecule has 0 spiro atoms. The first-order chi connectivity index (χ1) is 19.0. The molecular formula is C29H29ClN6O3. The van der Waals surface area contributed by atoms with E-state index in [2.05, 4.69) is 25.4 Å². The summed E-state index contributed by atoms with van der Waals surface area (Å²) in [6.07, 6.45) is 3.63. The van der Waals surface area contributed by atoms with Gasteiger partial charge in [0.25, 0.3) is 5.56 Å². The van der Waals surface area contributed by atoms with Crippen molar-refractivity contribution in [2.24, 2.45) is 0 Å². The van der Waals surface area contributed by atoms with Gasteiger partial charge in [-0.25, -0.2) is 4.68 Å². The molecule has 1 aliphatic rings. The van der Waals surface area contributed by atoms with E-state index in [1.807, 2.05) is 67.6 Å². The van der Waals surface area contributed by atoms with Crippen LogP contribution in [0.2, 0.25) is 5.02 Å². The zero-order valence-electron chi connectivity index (χ0n) is 21.6. The van der Waals surface area contributed by atoms with Crippen molar-refractivity contribution >= 4 is 22.5 Å². The normalized spacial score (nSPS) is 16.3. The number of aryl methyl sites for hydroxylation is 1. The summed E-state index contributed by atoms with van der Waals surface area (Å²) in [5.74, 6) is 1.34. The van der Waals surface area contributed by atoms with Gasteiger partial charge in [0.1, 0.15) is 11.8 Å². The molecule has 1 aliphatic heterocycles. The Morgan fingerprint density at radius 3 is 2.79 bits per heavy atom. The lowest BCUT2D eigenvalue weighted by Gasteiger charge is -2.30. The fraction of sp³-hybridized carbons (Fsp3) is 0.310. The van der Waals surface area contributed by atoms with E-state index in [4.69, 9.17) is 20.8 Å². The van der Waals surface area contributed by atoms with E-state index < -0.39 is 6.04 Å². The number of furan rings is 1. The van der Waals surface area contributed by atoms with Crippen molar-refractivity contribution in [3.8, 4) is 0 Å². The highest BCUT2D eigenvalue weighted by atomic mass is 35.5. The number of aromatic nitrogens is 5. The van der Waals surface area contributed by atoms with Crippen molar-refractivity contribution in [2.45, 2.75) is 51.5 Å². The van der Waals surface area contributed by atoms with Gasteiger partial charge in [-0.3, -0.25) is 9.69 Å². The standard InChI is InChI=1S/C29H29ClN6O3/c1-19-6-9-21-15-25(29(37)31-26(21)14-19)27(28-32-33-34-36(28)18-24-5-3-13-39-24)35(17-23-4-2-12-38-23)16-20-7-10-22(30)11-8-20/h2,4,6-12,14-15,24,27H,3,5,13,16-18H2,1H3,(H,31,37)/t24-,27-/m0/s1. The van der Waals surface area contributed by atoms with E-state index in [0.29, 0.717) is 36.0 Å². The third-order valence-electron chi connectivity index (χ3n) is 7.13. The first kappa shape index (κ1) is 25.5. The van der Waals surface area contributed by atoms with Crippen molar-refractivity contribution in [2.75, 3.05) is 6.61 Å². The Morgan fingerprint density at radius 1 is 1.15 bits per heavy atom. The molecule has 5 aromatic rings. The molecule has 9 nitrogen and oxygen atoms in total. The minimum atomic E-state index is -0.573. The summed E-state index contributed by atoms with van der Waals surface area (Å²) in [7, 11) is 0. The SMILES string of the molecule is Cc1ccc2cc([C@@H](c3nnnn3C[C@@H]3CCCO3)N(Cc3ccc(Cl)cc3)Cc3ccco3)c(=O)[nH]c2c1. The number of H-pyrrole nitrogens is 1. The number of ether oxygens (including phenoxy) is 1. The van der Waals surface area contributed by atoms with Gasteiger partial charge < -0.3 is 14.1 Å². The number of aromatic amines is 1. The Hall–Kier alpha value is -3.79.